The fraction of sp³-hybridized carbons (Fsp3) is 0.208. The minimum atomic E-state index is 0.506. The summed E-state index contributed by atoms with van der Waals surface area (Å²) in [7, 11) is 3.30. The molecule has 2 N–H and O–H groups in total. The van der Waals surface area contributed by atoms with Crippen LogP contribution in [0.15, 0.2) is 42.5 Å². The number of aromatic nitrogens is 3. The van der Waals surface area contributed by atoms with Crippen molar-refractivity contribution in [1.29, 1.82) is 5.26 Å². The molecule has 4 aromatic rings. The lowest BCUT2D eigenvalue weighted by Crippen LogP contribution is -2.05. The summed E-state index contributed by atoms with van der Waals surface area (Å²) in [5.41, 5.74) is 7.63. The lowest BCUT2D eigenvalue weighted by atomic mass is 9.91. The predicted molar refractivity (Wildman–Crippen MR) is 120 cm³/mol. The zero-order valence-corrected chi connectivity index (χ0v) is 17.9. The Kier molecular flexibility index (Phi) is 5.46. The number of aryl methyl sites for hydroxylation is 1. The standard InChI is InChI=1S/C24H23N5O2/c1-14-5-10-20(31-4)15(2)21(14)22-23(17(12-25)11-19-24(22)28-29-27-19)26-13-16-6-8-18(30-3)9-7-16/h5-11,26H,13H2,1-4H3,(H,27,28,29). The minimum absolute atomic E-state index is 0.506. The molecule has 1 aromatic heterocycles. The van der Waals surface area contributed by atoms with E-state index < -0.39 is 0 Å². The fourth-order valence-corrected chi connectivity index (χ4v) is 3.88. The highest BCUT2D eigenvalue weighted by Gasteiger charge is 2.21. The molecule has 0 unspecified atom stereocenters. The van der Waals surface area contributed by atoms with Crippen LogP contribution in [0.1, 0.15) is 22.3 Å². The Morgan fingerprint density at radius 2 is 1.81 bits per heavy atom. The van der Waals surface area contributed by atoms with Crippen LogP contribution >= 0.6 is 0 Å². The van der Waals surface area contributed by atoms with Gasteiger partial charge in [0.15, 0.2) is 0 Å². The molecule has 0 aliphatic carbocycles. The number of aromatic amines is 1. The molecule has 4 rings (SSSR count). The van der Waals surface area contributed by atoms with Crippen LogP contribution in [0.3, 0.4) is 0 Å². The lowest BCUT2D eigenvalue weighted by molar-refractivity contribution is 0.412. The summed E-state index contributed by atoms with van der Waals surface area (Å²) < 4.78 is 10.8. The topological polar surface area (TPSA) is 95.9 Å². The van der Waals surface area contributed by atoms with E-state index in [9.17, 15) is 5.26 Å². The molecule has 0 spiro atoms. The third kappa shape index (κ3) is 3.64. The van der Waals surface area contributed by atoms with Crippen LogP contribution < -0.4 is 14.8 Å². The molecule has 0 saturated heterocycles. The third-order valence-corrected chi connectivity index (χ3v) is 5.47. The maximum Gasteiger partial charge on any atom is 0.122 e. The Bertz CT molecular complexity index is 1290. The summed E-state index contributed by atoms with van der Waals surface area (Å²) in [4.78, 5) is 0. The highest BCUT2D eigenvalue weighted by molar-refractivity contribution is 6.03. The Morgan fingerprint density at radius 3 is 2.48 bits per heavy atom. The first-order valence-corrected chi connectivity index (χ1v) is 9.86. The predicted octanol–water partition coefficient (Wildman–Crippen LogP) is 4.74. The second-order valence-electron chi connectivity index (χ2n) is 7.28. The molecule has 0 bridgehead atoms. The van der Waals surface area contributed by atoms with Gasteiger partial charge in [-0.1, -0.05) is 23.4 Å². The number of hydrogen-bond acceptors (Lipinski definition) is 6. The van der Waals surface area contributed by atoms with E-state index in [1.54, 1.807) is 20.3 Å². The van der Waals surface area contributed by atoms with Crippen LogP contribution in [0.5, 0.6) is 11.5 Å². The first-order valence-electron chi connectivity index (χ1n) is 9.86. The summed E-state index contributed by atoms with van der Waals surface area (Å²) in [6.45, 7) is 4.60. The van der Waals surface area contributed by atoms with Crippen molar-refractivity contribution in [1.82, 2.24) is 15.4 Å². The molecule has 7 nitrogen and oxygen atoms in total. The molecule has 0 amide bonds. The van der Waals surface area contributed by atoms with E-state index in [-0.39, 0.29) is 0 Å². The number of ether oxygens (including phenoxy) is 2. The molecule has 31 heavy (non-hydrogen) atoms. The number of nitrogens with one attached hydrogen (secondary N) is 2. The normalized spacial score (nSPS) is 10.7. The van der Waals surface area contributed by atoms with Crippen LogP contribution in [-0.2, 0) is 6.54 Å². The van der Waals surface area contributed by atoms with E-state index in [1.807, 2.05) is 50.2 Å². The zero-order valence-electron chi connectivity index (χ0n) is 17.9. The number of hydrogen-bond donors (Lipinski definition) is 2. The SMILES string of the molecule is COc1ccc(CNc2c(C#N)cc3nn[nH]c3c2-c2c(C)ccc(OC)c2C)cc1. The second kappa shape index (κ2) is 8.36. The average Bonchev–Trinajstić information content (AvgIpc) is 3.26. The van der Waals surface area contributed by atoms with Crippen LogP contribution in [0.2, 0.25) is 0 Å². The molecule has 7 heteroatoms. The lowest BCUT2D eigenvalue weighted by Gasteiger charge is -2.19. The number of rotatable bonds is 6. The second-order valence-corrected chi connectivity index (χ2v) is 7.28. The monoisotopic (exact) mass is 413 g/mol. The molecule has 0 radical (unpaired) electrons. The van der Waals surface area contributed by atoms with Gasteiger partial charge in [0, 0.05) is 12.1 Å². The number of H-pyrrole nitrogens is 1. The van der Waals surface area contributed by atoms with E-state index in [1.165, 1.54) is 0 Å². The number of methoxy groups -OCH3 is 2. The van der Waals surface area contributed by atoms with Crippen molar-refractivity contribution in [3.63, 3.8) is 0 Å². The number of fused-ring (bicyclic) bond motifs is 1. The largest absolute Gasteiger partial charge is 0.497 e. The van der Waals surface area contributed by atoms with E-state index >= 15 is 0 Å². The van der Waals surface area contributed by atoms with Crippen molar-refractivity contribution in [2.24, 2.45) is 0 Å². The van der Waals surface area contributed by atoms with Crippen molar-refractivity contribution in [3.8, 4) is 28.7 Å². The minimum Gasteiger partial charge on any atom is -0.497 e. The van der Waals surface area contributed by atoms with Crippen LogP contribution in [0.4, 0.5) is 5.69 Å². The number of benzene rings is 3. The van der Waals surface area contributed by atoms with E-state index in [2.05, 4.69) is 26.8 Å². The number of nitrogens with zero attached hydrogens (tertiary/aromatic N) is 3. The van der Waals surface area contributed by atoms with Crippen molar-refractivity contribution >= 4 is 16.7 Å². The third-order valence-electron chi connectivity index (χ3n) is 5.47. The molecule has 0 aliphatic heterocycles. The molecule has 156 valence electrons. The summed E-state index contributed by atoms with van der Waals surface area (Å²) in [6.07, 6.45) is 0. The summed E-state index contributed by atoms with van der Waals surface area (Å²) in [5, 5.41) is 24.5. The summed E-state index contributed by atoms with van der Waals surface area (Å²) in [5.74, 6) is 1.58. The van der Waals surface area contributed by atoms with Gasteiger partial charge in [-0.05, 0) is 60.4 Å². The van der Waals surface area contributed by atoms with Gasteiger partial charge in [-0.2, -0.15) is 5.26 Å². The van der Waals surface area contributed by atoms with Gasteiger partial charge in [-0.3, -0.25) is 5.10 Å². The van der Waals surface area contributed by atoms with Crippen molar-refractivity contribution < 1.29 is 9.47 Å². The highest BCUT2D eigenvalue weighted by Crippen LogP contribution is 2.42. The van der Waals surface area contributed by atoms with Gasteiger partial charge < -0.3 is 14.8 Å². The van der Waals surface area contributed by atoms with Crippen LogP contribution in [0.25, 0.3) is 22.2 Å². The first kappa shape index (κ1) is 20.2. The zero-order chi connectivity index (χ0) is 22.0. The van der Waals surface area contributed by atoms with Gasteiger partial charge >= 0.3 is 0 Å². The van der Waals surface area contributed by atoms with Gasteiger partial charge in [-0.15, -0.1) is 5.10 Å². The molecule has 0 aliphatic rings. The Hall–Kier alpha value is -4.05. The smallest absolute Gasteiger partial charge is 0.122 e. The molecule has 0 fully saturated rings. The van der Waals surface area contributed by atoms with Gasteiger partial charge in [0.2, 0.25) is 0 Å². The maximum atomic E-state index is 9.90. The Morgan fingerprint density at radius 1 is 1.03 bits per heavy atom. The number of nitriles is 1. The number of anilines is 1. The molecular formula is C24H23N5O2. The first-order chi connectivity index (χ1) is 15.1. The highest BCUT2D eigenvalue weighted by atomic mass is 16.5. The van der Waals surface area contributed by atoms with Crippen LogP contribution in [-0.4, -0.2) is 29.6 Å². The Balaban J connectivity index is 1.90. The average molecular weight is 413 g/mol. The van der Waals surface area contributed by atoms with Crippen LogP contribution in [0, 0.1) is 25.2 Å². The van der Waals surface area contributed by atoms with E-state index in [4.69, 9.17) is 9.47 Å². The van der Waals surface area contributed by atoms with E-state index in [0.29, 0.717) is 17.6 Å². The van der Waals surface area contributed by atoms with Crippen molar-refractivity contribution in [2.45, 2.75) is 20.4 Å². The van der Waals surface area contributed by atoms with Gasteiger partial charge in [0.05, 0.1) is 31.0 Å². The van der Waals surface area contributed by atoms with Crippen molar-refractivity contribution in [2.75, 3.05) is 19.5 Å². The summed E-state index contributed by atoms with van der Waals surface area (Å²) >= 11 is 0. The maximum absolute atomic E-state index is 9.90. The van der Waals surface area contributed by atoms with E-state index in [0.717, 1.165) is 50.5 Å². The van der Waals surface area contributed by atoms with Crippen molar-refractivity contribution in [3.05, 3.63) is 64.7 Å². The molecular weight excluding hydrogens is 390 g/mol. The van der Waals surface area contributed by atoms with Gasteiger partial charge in [-0.25, -0.2) is 0 Å². The molecule has 0 atom stereocenters. The fourth-order valence-electron chi connectivity index (χ4n) is 3.88. The molecule has 1 heterocycles. The molecule has 0 saturated carbocycles. The van der Waals surface area contributed by atoms with Gasteiger partial charge in [0.25, 0.3) is 0 Å². The van der Waals surface area contributed by atoms with Gasteiger partial charge in [0.1, 0.15) is 23.1 Å². The Labute approximate surface area is 180 Å². The summed E-state index contributed by atoms with van der Waals surface area (Å²) in [6, 6.07) is 15.9. The molecule has 3 aromatic carbocycles. The quantitative estimate of drug-likeness (QED) is 0.474.